The van der Waals surface area contributed by atoms with E-state index in [-0.39, 0.29) is 11.5 Å². The Morgan fingerprint density at radius 2 is 1.92 bits per heavy atom. The van der Waals surface area contributed by atoms with Gasteiger partial charge in [0.15, 0.2) is 0 Å². The molecule has 1 aromatic carbocycles. The van der Waals surface area contributed by atoms with Gasteiger partial charge in [-0.3, -0.25) is 14.0 Å². The molecule has 3 heterocycles. The summed E-state index contributed by atoms with van der Waals surface area (Å²) in [6.45, 7) is 2.35. The molecule has 6 heteroatoms. The molecule has 4 rings (SSSR count). The zero-order valence-corrected chi connectivity index (χ0v) is 14.6. The number of aryl methyl sites for hydroxylation is 2. The molecule has 1 amide bonds. The summed E-state index contributed by atoms with van der Waals surface area (Å²) < 4.78 is 3.18. The summed E-state index contributed by atoms with van der Waals surface area (Å²) in [5, 5.41) is 3.32. The Balaban J connectivity index is 1.75. The maximum Gasteiger partial charge on any atom is 0.268 e. The molecule has 0 radical (unpaired) electrons. The van der Waals surface area contributed by atoms with E-state index < -0.39 is 0 Å². The van der Waals surface area contributed by atoms with Crippen molar-refractivity contribution in [2.75, 3.05) is 0 Å². The van der Waals surface area contributed by atoms with Gasteiger partial charge in [0.2, 0.25) is 0 Å². The van der Waals surface area contributed by atoms with Crippen molar-refractivity contribution in [3.05, 3.63) is 81.9 Å². The second-order valence-corrected chi connectivity index (χ2v) is 6.35. The van der Waals surface area contributed by atoms with Crippen molar-refractivity contribution >= 4 is 22.6 Å². The summed E-state index contributed by atoms with van der Waals surface area (Å²) >= 11 is 0. The third-order valence-electron chi connectivity index (χ3n) is 4.47. The maximum atomic E-state index is 12.8. The normalized spacial score (nSPS) is 11.2. The highest BCUT2D eigenvalue weighted by molar-refractivity contribution is 5.98. The molecule has 0 saturated heterocycles. The second kappa shape index (κ2) is 6.15. The standard InChI is InChI=1S/C20H18N4O2/c1-13-8-9-17-22-18-15(20(26)24(17)12-13)10-16(23(18)2)19(25)21-11-14-6-4-3-5-7-14/h3-10,12H,11H2,1-2H3,(H,21,25). The number of aromatic nitrogens is 3. The Morgan fingerprint density at radius 3 is 2.69 bits per heavy atom. The Bertz CT molecular complexity index is 1190. The van der Waals surface area contributed by atoms with Crippen molar-refractivity contribution in [1.82, 2.24) is 19.3 Å². The molecule has 3 aromatic heterocycles. The molecule has 4 aromatic rings. The van der Waals surface area contributed by atoms with Crippen LogP contribution < -0.4 is 10.9 Å². The van der Waals surface area contributed by atoms with E-state index in [4.69, 9.17) is 0 Å². The van der Waals surface area contributed by atoms with Crippen LogP contribution in [0.5, 0.6) is 0 Å². The fourth-order valence-corrected chi connectivity index (χ4v) is 3.06. The van der Waals surface area contributed by atoms with Gasteiger partial charge in [0, 0.05) is 19.8 Å². The van der Waals surface area contributed by atoms with Gasteiger partial charge in [0.05, 0.1) is 5.39 Å². The molecule has 26 heavy (non-hydrogen) atoms. The number of carbonyl (C=O) groups excluding carboxylic acids is 1. The van der Waals surface area contributed by atoms with Crippen LogP contribution in [0.3, 0.4) is 0 Å². The lowest BCUT2D eigenvalue weighted by Crippen LogP contribution is -2.24. The van der Waals surface area contributed by atoms with Gasteiger partial charge in [-0.05, 0) is 30.2 Å². The average molecular weight is 346 g/mol. The first-order valence-electron chi connectivity index (χ1n) is 8.35. The van der Waals surface area contributed by atoms with Gasteiger partial charge in [-0.2, -0.15) is 0 Å². The first-order valence-corrected chi connectivity index (χ1v) is 8.35. The van der Waals surface area contributed by atoms with E-state index in [0.29, 0.717) is 28.9 Å². The third-order valence-corrected chi connectivity index (χ3v) is 4.47. The number of hydrogen-bond donors (Lipinski definition) is 1. The Labute approximate surface area is 149 Å². The highest BCUT2D eigenvalue weighted by atomic mass is 16.2. The molecule has 0 atom stereocenters. The summed E-state index contributed by atoms with van der Waals surface area (Å²) in [5.74, 6) is -0.237. The Morgan fingerprint density at radius 1 is 1.15 bits per heavy atom. The predicted octanol–water partition coefficient (Wildman–Crippen LogP) is 2.42. The lowest BCUT2D eigenvalue weighted by Gasteiger charge is -2.06. The van der Waals surface area contributed by atoms with Crippen LogP contribution in [0.15, 0.2) is 59.5 Å². The first kappa shape index (κ1) is 16.1. The molecule has 0 bridgehead atoms. The predicted molar refractivity (Wildman–Crippen MR) is 100 cm³/mol. The van der Waals surface area contributed by atoms with E-state index in [2.05, 4.69) is 10.3 Å². The summed E-state index contributed by atoms with van der Waals surface area (Å²) in [7, 11) is 1.75. The molecule has 0 aliphatic rings. The molecule has 0 aliphatic carbocycles. The lowest BCUT2D eigenvalue weighted by molar-refractivity contribution is 0.0943. The minimum Gasteiger partial charge on any atom is -0.347 e. The number of pyridine rings is 1. The quantitative estimate of drug-likeness (QED) is 0.619. The van der Waals surface area contributed by atoms with E-state index in [1.165, 1.54) is 4.40 Å². The molecule has 0 aliphatic heterocycles. The van der Waals surface area contributed by atoms with Crippen LogP contribution in [0.4, 0.5) is 0 Å². The zero-order valence-electron chi connectivity index (χ0n) is 14.6. The molecule has 6 nitrogen and oxygen atoms in total. The van der Waals surface area contributed by atoms with Crippen LogP contribution >= 0.6 is 0 Å². The van der Waals surface area contributed by atoms with Gasteiger partial charge in [-0.15, -0.1) is 0 Å². The maximum absolute atomic E-state index is 12.8. The van der Waals surface area contributed by atoms with Crippen LogP contribution in [-0.4, -0.2) is 19.9 Å². The van der Waals surface area contributed by atoms with Crippen molar-refractivity contribution < 1.29 is 4.79 Å². The van der Waals surface area contributed by atoms with E-state index in [1.807, 2.05) is 43.3 Å². The van der Waals surface area contributed by atoms with E-state index in [1.54, 1.807) is 29.9 Å². The number of nitrogens with zero attached hydrogens (tertiary/aromatic N) is 3. The van der Waals surface area contributed by atoms with Crippen molar-refractivity contribution in [2.45, 2.75) is 13.5 Å². The Kier molecular flexibility index (Phi) is 3.80. The third kappa shape index (κ3) is 2.65. The number of amides is 1. The van der Waals surface area contributed by atoms with Crippen LogP contribution in [0.1, 0.15) is 21.6 Å². The number of benzene rings is 1. The second-order valence-electron chi connectivity index (χ2n) is 6.35. The summed E-state index contributed by atoms with van der Waals surface area (Å²) in [5.41, 5.74) is 3.28. The van der Waals surface area contributed by atoms with Crippen LogP contribution in [0.25, 0.3) is 16.7 Å². The number of fused-ring (bicyclic) bond motifs is 2. The fourth-order valence-electron chi connectivity index (χ4n) is 3.06. The first-order chi connectivity index (χ1) is 12.5. The molecule has 1 N–H and O–H groups in total. The fraction of sp³-hybridized carbons (Fsp3) is 0.150. The van der Waals surface area contributed by atoms with Crippen LogP contribution in [0.2, 0.25) is 0 Å². The number of carbonyl (C=O) groups is 1. The van der Waals surface area contributed by atoms with Gasteiger partial charge in [-0.25, -0.2) is 4.98 Å². The monoisotopic (exact) mass is 346 g/mol. The van der Waals surface area contributed by atoms with Crippen molar-refractivity contribution in [3.8, 4) is 0 Å². The SMILES string of the molecule is Cc1ccc2nc3c(cc(C(=O)NCc4ccccc4)n3C)c(=O)n2c1. The molecule has 0 spiro atoms. The molecule has 0 saturated carbocycles. The minimum atomic E-state index is -0.237. The molecule has 0 fully saturated rings. The van der Waals surface area contributed by atoms with E-state index >= 15 is 0 Å². The number of rotatable bonds is 3. The van der Waals surface area contributed by atoms with Gasteiger partial charge < -0.3 is 9.88 Å². The summed E-state index contributed by atoms with van der Waals surface area (Å²) in [4.78, 5) is 29.9. The topological polar surface area (TPSA) is 68.4 Å². The van der Waals surface area contributed by atoms with Gasteiger partial charge in [-0.1, -0.05) is 36.4 Å². The van der Waals surface area contributed by atoms with Crippen molar-refractivity contribution in [3.63, 3.8) is 0 Å². The number of hydrogen-bond acceptors (Lipinski definition) is 3. The summed E-state index contributed by atoms with van der Waals surface area (Å²) in [6.07, 6.45) is 1.76. The zero-order chi connectivity index (χ0) is 18.3. The van der Waals surface area contributed by atoms with Crippen molar-refractivity contribution in [2.24, 2.45) is 7.05 Å². The average Bonchev–Trinajstić information content (AvgIpc) is 2.98. The summed E-state index contributed by atoms with van der Waals surface area (Å²) in [6, 6.07) is 15.0. The van der Waals surface area contributed by atoms with E-state index in [9.17, 15) is 9.59 Å². The van der Waals surface area contributed by atoms with Crippen molar-refractivity contribution in [1.29, 1.82) is 0 Å². The molecule has 130 valence electrons. The Hall–Kier alpha value is -3.41. The van der Waals surface area contributed by atoms with Crippen LogP contribution in [-0.2, 0) is 13.6 Å². The minimum absolute atomic E-state index is 0.175. The van der Waals surface area contributed by atoms with Gasteiger partial charge >= 0.3 is 0 Å². The molecule has 0 unspecified atom stereocenters. The highest BCUT2D eigenvalue weighted by Crippen LogP contribution is 2.15. The largest absolute Gasteiger partial charge is 0.347 e. The number of nitrogens with one attached hydrogen (secondary N) is 1. The van der Waals surface area contributed by atoms with Gasteiger partial charge in [0.1, 0.15) is 17.0 Å². The van der Waals surface area contributed by atoms with Gasteiger partial charge in [0.25, 0.3) is 11.5 Å². The van der Waals surface area contributed by atoms with Crippen LogP contribution in [0, 0.1) is 6.92 Å². The molecular weight excluding hydrogens is 328 g/mol. The lowest BCUT2D eigenvalue weighted by atomic mass is 10.2. The smallest absolute Gasteiger partial charge is 0.268 e. The van der Waals surface area contributed by atoms with E-state index in [0.717, 1.165) is 11.1 Å². The molecular formula is C20H18N4O2. The highest BCUT2D eigenvalue weighted by Gasteiger charge is 2.17.